The van der Waals surface area contributed by atoms with Gasteiger partial charge in [-0.1, -0.05) is 30.3 Å². The first-order valence-electron chi connectivity index (χ1n) is 13.6. The van der Waals surface area contributed by atoms with Crippen LogP contribution in [0.15, 0.2) is 66.7 Å². The number of ether oxygens (including phenoxy) is 4. The number of hydrogen-bond donors (Lipinski definition) is 5. The van der Waals surface area contributed by atoms with Crippen LogP contribution in [-0.4, -0.2) is 54.0 Å². The molecule has 5 N–H and O–H groups in total. The molecule has 0 saturated carbocycles. The highest BCUT2D eigenvalue weighted by Gasteiger charge is 2.56. The van der Waals surface area contributed by atoms with E-state index in [9.17, 15) is 25.5 Å². The molecule has 43 heavy (non-hydrogen) atoms. The fourth-order valence-electron chi connectivity index (χ4n) is 5.78. The van der Waals surface area contributed by atoms with E-state index in [-0.39, 0.29) is 12.4 Å². The zero-order valence-corrected chi connectivity index (χ0v) is 25.6. The van der Waals surface area contributed by atoms with E-state index in [0.29, 0.717) is 67.3 Å². The molecule has 9 nitrogen and oxygen atoms in total. The molecule has 0 aromatic heterocycles. The van der Waals surface area contributed by atoms with Crippen LogP contribution in [0.2, 0.25) is 0 Å². The van der Waals surface area contributed by atoms with Crippen molar-refractivity contribution in [3.8, 4) is 28.7 Å². The minimum absolute atomic E-state index is 0.100. The van der Waals surface area contributed by atoms with Gasteiger partial charge in [0.15, 0.2) is 27.9 Å². The van der Waals surface area contributed by atoms with Gasteiger partial charge in [-0.25, -0.2) is 0 Å². The lowest BCUT2D eigenvalue weighted by Gasteiger charge is -2.34. The number of phenolic OH excluding ortho intramolecular Hbond substituents is 1. The fourth-order valence-corrected chi connectivity index (χ4v) is 11.2. The molecule has 0 bridgehead atoms. The Hall–Kier alpha value is -3.85. The minimum atomic E-state index is -3.28. The largest absolute Gasteiger partial charge is 0.508 e. The summed E-state index contributed by atoms with van der Waals surface area (Å²) in [6.45, 7) is -1.52. The van der Waals surface area contributed by atoms with Crippen LogP contribution in [0.25, 0.3) is 0 Å². The van der Waals surface area contributed by atoms with Crippen molar-refractivity contribution >= 4 is 23.2 Å². The Balaban J connectivity index is 2.41. The number of aliphatic hydroxyl groups excluding tert-OH is 4. The van der Waals surface area contributed by atoms with Gasteiger partial charge in [0.25, 0.3) is 0 Å². The van der Waals surface area contributed by atoms with Crippen molar-refractivity contribution in [1.29, 1.82) is 0 Å². The maximum atomic E-state index is 10.9. The zero-order valence-electron chi connectivity index (χ0n) is 24.7. The first-order valence-corrected chi connectivity index (χ1v) is 15.5. The highest BCUT2D eigenvalue weighted by Crippen LogP contribution is 2.65. The molecule has 4 aromatic carbocycles. The summed E-state index contributed by atoms with van der Waals surface area (Å²) in [5.74, 6) is 1.44. The van der Waals surface area contributed by atoms with E-state index < -0.39 is 27.1 Å². The summed E-state index contributed by atoms with van der Waals surface area (Å²) >= 11 is 0. The molecule has 1 atom stereocenters. The number of phenols is 1. The van der Waals surface area contributed by atoms with Crippen LogP contribution in [0.5, 0.6) is 28.7 Å². The van der Waals surface area contributed by atoms with E-state index in [1.165, 1.54) is 40.6 Å². The lowest BCUT2D eigenvalue weighted by molar-refractivity contribution is 0.276. The van der Waals surface area contributed by atoms with Crippen molar-refractivity contribution in [2.75, 3.05) is 28.4 Å². The van der Waals surface area contributed by atoms with Gasteiger partial charge in [0.05, 0.1) is 61.0 Å². The molecule has 4 aromatic rings. The lowest BCUT2D eigenvalue weighted by atomic mass is 10.1. The van der Waals surface area contributed by atoms with E-state index in [2.05, 4.69) is 0 Å². The number of rotatable bonds is 13. The Morgan fingerprint density at radius 1 is 0.535 bits per heavy atom. The van der Waals surface area contributed by atoms with Crippen LogP contribution in [0, 0.1) is 0 Å². The molecule has 0 aliphatic heterocycles. The topological polar surface area (TPSA) is 138 Å². The Bertz CT molecular complexity index is 1420. The van der Waals surface area contributed by atoms with Gasteiger partial charge in [-0.2, -0.15) is 0 Å². The molecular formula is C33H38O9P+. The summed E-state index contributed by atoms with van der Waals surface area (Å²) in [7, 11) is 2.75. The van der Waals surface area contributed by atoms with Gasteiger partial charge < -0.3 is 44.5 Å². The third-order valence-electron chi connectivity index (χ3n) is 7.48. The van der Waals surface area contributed by atoms with Crippen LogP contribution in [0.3, 0.4) is 0 Å². The van der Waals surface area contributed by atoms with Crippen LogP contribution >= 0.6 is 7.26 Å². The van der Waals surface area contributed by atoms with E-state index in [0.717, 1.165) is 5.56 Å². The average Bonchev–Trinajstić information content (AvgIpc) is 3.05. The molecule has 10 heteroatoms. The smallest absolute Gasteiger partial charge is 0.188 e. The van der Waals surface area contributed by atoms with Crippen molar-refractivity contribution in [2.45, 2.75) is 32.6 Å². The highest BCUT2D eigenvalue weighted by molar-refractivity contribution is 7.95. The Morgan fingerprint density at radius 3 is 1.51 bits per heavy atom. The van der Waals surface area contributed by atoms with Gasteiger partial charge in [-0.3, -0.25) is 0 Å². The maximum absolute atomic E-state index is 10.9. The Labute approximate surface area is 251 Å². The molecular weight excluding hydrogens is 571 g/mol. The predicted octanol–water partition coefficient (Wildman–Crippen LogP) is 2.89. The van der Waals surface area contributed by atoms with E-state index in [1.54, 1.807) is 24.3 Å². The molecule has 0 aliphatic carbocycles. The molecule has 228 valence electrons. The molecule has 0 spiro atoms. The summed E-state index contributed by atoms with van der Waals surface area (Å²) in [5.41, 5.74) is 2.83. The third-order valence-corrected chi connectivity index (χ3v) is 12.1. The molecule has 0 heterocycles. The molecule has 0 radical (unpaired) electrons. The first-order chi connectivity index (χ1) is 20.8. The molecule has 0 saturated heterocycles. The molecule has 0 fully saturated rings. The second-order valence-corrected chi connectivity index (χ2v) is 13.2. The van der Waals surface area contributed by atoms with Gasteiger partial charge >= 0.3 is 0 Å². The quantitative estimate of drug-likeness (QED) is 0.145. The average molecular weight is 610 g/mol. The van der Waals surface area contributed by atoms with Crippen LogP contribution < -0.4 is 34.9 Å². The molecule has 0 aliphatic rings. The maximum Gasteiger partial charge on any atom is 0.188 e. The van der Waals surface area contributed by atoms with Gasteiger partial charge in [0.2, 0.25) is 0 Å². The Kier molecular flexibility index (Phi) is 10.5. The Morgan fingerprint density at radius 2 is 1.05 bits per heavy atom. The van der Waals surface area contributed by atoms with Crippen molar-refractivity contribution in [3.63, 3.8) is 0 Å². The van der Waals surface area contributed by atoms with Crippen molar-refractivity contribution in [2.24, 2.45) is 0 Å². The number of hydrogen-bond acceptors (Lipinski definition) is 9. The van der Waals surface area contributed by atoms with Gasteiger partial charge in [-0.15, -0.1) is 0 Å². The van der Waals surface area contributed by atoms with Crippen LogP contribution in [0.4, 0.5) is 0 Å². The van der Waals surface area contributed by atoms with Crippen molar-refractivity contribution in [3.05, 3.63) is 94.5 Å². The minimum Gasteiger partial charge on any atom is -0.508 e. The fraction of sp³-hybridized carbons (Fsp3) is 0.273. The summed E-state index contributed by atoms with van der Waals surface area (Å²) in [5, 5.41) is 55.1. The number of methoxy groups -OCH3 is 4. The van der Waals surface area contributed by atoms with Crippen molar-refractivity contribution < 1.29 is 44.5 Å². The van der Waals surface area contributed by atoms with Gasteiger partial charge in [0, 0.05) is 22.8 Å². The lowest BCUT2D eigenvalue weighted by Crippen LogP contribution is -2.40. The third kappa shape index (κ3) is 6.00. The predicted molar refractivity (Wildman–Crippen MR) is 167 cm³/mol. The SMILES string of the molecule is COc1cc(CO)c([P+](Cc2ccccc2)(c2c(CO)cc(O)cc2OC)c2c(OC)cc(CO)cc2OC)c(CO)c1. The van der Waals surface area contributed by atoms with Crippen LogP contribution in [0.1, 0.15) is 27.8 Å². The van der Waals surface area contributed by atoms with Crippen molar-refractivity contribution in [1.82, 2.24) is 0 Å². The van der Waals surface area contributed by atoms with E-state index >= 15 is 0 Å². The van der Waals surface area contributed by atoms with Gasteiger partial charge in [0.1, 0.15) is 24.1 Å². The van der Waals surface area contributed by atoms with E-state index in [1.807, 2.05) is 30.3 Å². The molecule has 4 rings (SSSR count). The number of benzene rings is 4. The summed E-state index contributed by atoms with van der Waals surface area (Å²) in [4.78, 5) is 0. The number of aromatic hydroxyl groups is 1. The zero-order chi connectivity index (χ0) is 31.1. The van der Waals surface area contributed by atoms with Crippen LogP contribution in [-0.2, 0) is 32.6 Å². The second-order valence-electron chi connectivity index (χ2n) is 9.88. The first kappa shape index (κ1) is 32.1. The highest BCUT2D eigenvalue weighted by atomic mass is 31.2. The molecule has 1 unspecified atom stereocenters. The normalized spacial score (nSPS) is 12.5. The number of aliphatic hydroxyl groups is 4. The second kappa shape index (κ2) is 14.1. The standard InChI is InChI=1S/C33H37O9P/c1-39-27-13-24(18-36)31(25(14-27)19-37)43(20-21-8-6-5-7-9-21,32-23(17-35)12-26(38)15-30(32)42-4)33-28(40-2)10-22(16-34)11-29(33)41-3/h5-15,34-37H,16-20H2,1-4H3/p+1. The summed E-state index contributed by atoms with van der Waals surface area (Å²) < 4.78 is 23.5. The monoisotopic (exact) mass is 609 g/mol. The summed E-state index contributed by atoms with van der Waals surface area (Å²) in [6.07, 6.45) is 0.319. The molecule has 0 amide bonds. The van der Waals surface area contributed by atoms with Gasteiger partial charge in [-0.05, 0) is 41.5 Å². The van der Waals surface area contributed by atoms with E-state index in [4.69, 9.17) is 18.9 Å². The summed E-state index contributed by atoms with van der Waals surface area (Å²) in [6, 6.07) is 19.6.